The fourth-order valence-corrected chi connectivity index (χ4v) is 0.578. The van der Waals surface area contributed by atoms with Gasteiger partial charge in [0.05, 0.1) is 6.04 Å². The monoisotopic (exact) mass is 195 g/mol. The second-order valence-corrected chi connectivity index (χ2v) is 2.74. The Kier molecular flexibility index (Phi) is 8.69. The van der Waals surface area contributed by atoms with Gasteiger partial charge >= 0.3 is 0 Å². The van der Waals surface area contributed by atoms with Gasteiger partial charge in [-0.05, 0) is 13.3 Å². The van der Waals surface area contributed by atoms with E-state index in [2.05, 4.69) is 5.32 Å². The molecule has 4 nitrogen and oxygen atoms in total. The molecule has 0 aromatic rings. The summed E-state index contributed by atoms with van der Waals surface area (Å²) in [6, 6.07) is -0.406. The molecule has 0 aromatic heterocycles. The number of rotatable bonds is 4. The fraction of sp³-hybridized carbons (Fsp3) is 0.857. The van der Waals surface area contributed by atoms with Crippen LogP contribution in [0.1, 0.15) is 20.3 Å². The minimum absolute atomic E-state index is 0. The van der Waals surface area contributed by atoms with Crippen molar-refractivity contribution in [3.63, 3.8) is 0 Å². The highest BCUT2D eigenvalue weighted by Gasteiger charge is 2.09. The molecule has 5 heteroatoms. The van der Waals surface area contributed by atoms with Gasteiger partial charge in [-0.25, -0.2) is 0 Å². The van der Waals surface area contributed by atoms with E-state index in [9.17, 15) is 4.79 Å². The van der Waals surface area contributed by atoms with E-state index in [0.29, 0.717) is 13.0 Å². The first kappa shape index (κ1) is 14.2. The topological polar surface area (TPSA) is 81.1 Å². The van der Waals surface area contributed by atoms with Crippen molar-refractivity contribution < 1.29 is 4.79 Å². The van der Waals surface area contributed by atoms with Crippen molar-refractivity contribution >= 4 is 18.3 Å². The Morgan fingerprint density at radius 2 is 2.00 bits per heavy atom. The molecule has 0 rings (SSSR count). The quantitative estimate of drug-likeness (QED) is 0.572. The van der Waals surface area contributed by atoms with Crippen LogP contribution in [0, 0.1) is 0 Å². The van der Waals surface area contributed by atoms with Crippen molar-refractivity contribution in [2.45, 2.75) is 32.4 Å². The van der Waals surface area contributed by atoms with Gasteiger partial charge in [-0.2, -0.15) is 0 Å². The Hall–Kier alpha value is -0.320. The molecule has 0 saturated heterocycles. The number of carbonyl (C=O) groups is 1. The third kappa shape index (κ3) is 6.39. The first-order chi connectivity index (χ1) is 5.07. The molecule has 2 atom stereocenters. The van der Waals surface area contributed by atoms with Crippen molar-refractivity contribution in [1.82, 2.24) is 5.32 Å². The van der Waals surface area contributed by atoms with Crippen LogP contribution >= 0.6 is 12.4 Å². The predicted octanol–water partition coefficient (Wildman–Crippen LogP) is -0.391. The highest BCUT2D eigenvalue weighted by Crippen LogP contribution is 1.84. The van der Waals surface area contributed by atoms with E-state index < -0.39 is 6.04 Å². The lowest BCUT2D eigenvalue weighted by molar-refractivity contribution is -0.122. The highest BCUT2D eigenvalue weighted by atomic mass is 35.5. The zero-order valence-corrected chi connectivity index (χ0v) is 8.36. The van der Waals surface area contributed by atoms with Gasteiger partial charge in [0.25, 0.3) is 0 Å². The number of carbonyl (C=O) groups excluding carboxylic acids is 1. The molecular formula is C7H18ClN3O. The van der Waals surface area contributed by atoms with Crippen molar-refractivity contribution in [3.8, 4) is 0 Å². The zero-order valence-electron chi connectivity index (χ0n) is 7.54. The van der Waals surface area contributed by atoms with Crippen molar-refractivity contribution in [1.29, 1.82) is 0 Å². The van der Waals surface area contributed by atoms with E-state index in [4.69, 9.17) is 11.5 Å². The van der Waals surface area contributed by atoms with Gasteiger partial charge in [0.2, 0.25) is 5.91 Å². The smallest absolute Gasteiger partial charge is 0.236 e. The average Bonchev–Trinajstić information content (AvgIpc) is 1.98. The predicted molar refractivity (Wildman–Crippen MR) is 52.2 cm³/mol. The summed E-state index contributed by atoms with van der Waals surface area (Å²) in [5.74, 6) is -0.121. The Morgan fingerprint density at radius 1 is 1.50 bits per heavy atom. The van der Waals surface area contributed by atoms with Gasteiger partial charge < -0.3 is 16.8 Å². The van der Waals surface area contributed by atoms with Crippen molar-refractivity contribution in [2.75, 3.05) is 6.54 Å². The van der Waals surface area contributed by atoms with Crippen LogP contribution in [0.25, 0.3) is 0 Å². The highest BCUT2D eigenvalue weighted by molar-refractivity contribution is 5.85. The van der Waals surface area contributed by atoms with Crippen LogP contribution in [0.15, 0.2) is 0 Å². The lowest BCUT2D eigenvalue weighted by atomic mass is 10.2. The Morgan fingerprint density at radius 3 is 2.33 bits per heavy atom. The molecule has 0 saturated carbocycles. The Labute approximate surface area is 79.5 Å². The number of halogens is 1. The molecule has 5 N–H and O–H groups in total. The molecule has 0 bridgehead atoms. The summed E-state index contributed by atoms with van der Waals surface area (Å²) >= 11 is 0. The molecule has 0 aromatic carbocycles. The molecule has 0 heterocycles. The van der Waals surface area contributed by atoms with Crippen LogP contribution in [0.5, 0.6) is 0 Å². The molecule has 0 aliphatic heterocycles. The van der Waals surface area contributed by atoms with Crippen LogP contribution in [-0.2, 0) is 4.79 Å². The minimum atomic E-state index is -0.395. The molecule has 0 aliphatic rings. The molecule has 0 aliphatic carbocycles. The van der Waals surface area contributed by atoms with Crippen molar-refractivity contribution in [2.24, 2.45) is 11.5 Å². The van der Waals surface area contributed by atoms with E-state index in [1.54, 1.807) is 0 Å². The zero-order chi connectivity index (χ0) is 8.85. The number of nitrogens with one attached hydrogen (secondary N) is 1. The molecule has 1 unspecified atom stereocenters. The van der Waals surface area contributed by atoms with E-state index >= 15 is 0 Å². The van der Waals surface area contributed by atoms with E-state index in [-0.39, 0.29) is 24.4 Å². The molecule has 74 valence electrons. The molecule has 1 amide bonds. The maximum atomic E-state index is 11.0. The summed E-state index contributed by atoms with van der Waals surface area (Å²) in [6.07, 6.45) is 0.658. The fourth-order valence-electron chi connectivity index (χ4n) is 0.578. The number of amides is 1. The molecule has 12 heavy (non-hydrogen) atoms. The Balaban J connectivity index is 0. The third-order valence-corrected chi connectivity index (χ3v) is 1.37. The van der Waals surface area contributed by atoms with E-state index in [1.165, 1.54) is 0 Å². The van der Waals surface area contributed by atoms with Crippen LogP contribution < -0.4 is 16.8 Å². The number of nitrogens with two attached hydrogens (primary N) is 2. The van der Waals surface area contributed by atoms with Crippen LogP contribution in [-0.4, -0.2) is 24.5 Å². The van der Waals surface area contributed by atoms with Crippen LogP contribution in [0.3, 0.4) is 0 Å². The summed E-state index contributed by atoms with van der Waals surface area (Å²) in [5, 5.41) is 2.64. The summed E-state index contributed by atoms with van der Waals surface area (Å²) in [7, 11) is 0. The maximum Gasteiger partial charge on any atom is 0.236 e. The summed E-state index contributed by atoms with van der Waals surface area (Å²) in [6.45, 7) is 4.19. The normalized spacial score (nSPS) is 14.3. The SMILES string of the molecule is CC[C@H](N)C(=O)NCC(C)N.Cl. The third-order valence-electron chi connectivity index (χ3n) is 1.37. The van der Waals surface area contributed by atoms with Gasteiger partial charge in [0.15, 0.2) is 0 Å². The average molecular weight is 196 g/mol. The van der Waals surface area contributed by atoms with E-state index in [0.717, 1.165) is 0 Å². The standard InChI is InChI=1S/C7H17N3O.ClH/c1-3-6(9)7(11)10-4-5(2)8;/h5-6H,3-4,8-9H2,1-2H3,(H,10,11);1H/t5?,6-;/m0./s1. The van der Waals surface area contributed by atoms with Gasteiger partial charge in [-0.3, -0.25) is 4.79 Å². The second-order valence-electron chi connectivity index (χ2n) is 2.74. The van der Waals surface area contributed by atoms with Gasteiger partial charge in [0, 0.05) is 12.6 Å². The molecule has 0 spiro atoms. The summed E-state index contributed by atoms with van der Waals surface area (Å²) < 4.78 is 0. The molecule has 0 fully saturated rings. The van der Waals surface area contributed by atoms with Crippen LogP contribution in [0.2, 0.25) is 0 Å². The largest absolute Gasteiger partial charge is 0.353 e. The maximum absolute atomic E-state index is 11.0. The van der Waals surface area contributed by atoms with E-state index in [1.807, 2.05) is 13.8 Å². The number of hydrogen-bond donors (Lipinski definition) is 3. The Bertz CT molecular complexity index is 130. The van der Waals surface area contributed by atoms with Gasteiger partial charge in [-0.1, -0.05) is 6.92 Å². The lowest BCUT2D eigenvalue weighted by Gasteiger charge is -2.11. The van der Waals surface area contributed by atoms with Gasteiger partial charge in [0.1, 0.15) is 0 Å². The first-order valence-electron chi connectivity index (χ1n) is 3.86. The minimum Gasteiger partial charge on any atom is -0.353 e. The molecular weight excluding hydrogens is 178 g/mol. The number of hydrogen-bond acceptors (Lipinski definition) is 3. The van der Waals surface area contributed by atoms with Crippen molar-refractivity contribution in [3.05, 3.63) is 0 Å². The molecule has 0 radical (unpaired) electrons. The van der Waals surface area contributed by atoms with Crippen LogP contribution in [0.4, 0.5) is 0 Å². The second kappa shape index (κ2) is 7.34. The first-order valence-corrected chi connectivity index (χ1v) is 3.86. The summed E-state index contributed by atoms with van der Waals surface area (Å²) in [5.41, 5.74) is 10.9. The summed E-state index contributed by atoms with van der Waals surface area (Å²) in [4.78, 5) is 11.0. The lowest BCUT2D eigenvalue weighted by Crippen LogP contribution is -2.44. The van der Waals surface area contributed by atoms with Gasteiger partial charge in [-0.15, -0.1) is 12.4 Å².